The highest BCUT2D eigenvalue weighted by molar-refractivity contribution is 5.96. The van der Waals surface area contributed by atoms with Gasteiger partial charge in [-0.25, -0.2) is 0 Å². The maximum absolute atomic E-state index is 9.23. The lowest BCUT2D eigenvalue weighted by atomic mass is 10.2. The van der Waals surface area contributed by atoms with Crippen LogP contribution >= 0.6 is 0 Å². The molecule has 4 nitrogen and oxygen atoms in total. The van der Waals surface area contributed by atoms with Gasteiger partial charge in [-0.05, 0) is 12.1 Å². The Morgan fingerprint density at radius 2 is 2.00 bits per heavy atom. The highest BCUT2D eigenvalue weighted by Crippen LogP contribution is 2.30. The summed E-state index contributed by atoms with van der Waals surface area (Å²) >= 11 is 0. The van der Waals surface area contributed by atoms with Crippen LogP contribution in [0.3, 0.4) is 0 Å². The fourth-order valence-electron chi connectivity index (χ4n) is 1.88. The van der Waals surface area contributed by atoms with Crippen LogP contribution < -0.4 is 5.73 Å². The van der Waals surface area contributed by atoms with Gasteiger partial charge in [-0.15, -0.1) is 0 Å². The van der Waals surface area contributed by atoms with Crippen molar-refractivity contribution in [1.29, 1.82) is 0 Å². The Kier molecular flexibility index (Phi) is 1.36. The van der Waals surface area contributed by atoms with E-state index in [4.69, 9.17) is 10.2 Å². The fraction of sp³-hybridized carbons (Fsp3) is 0.0909. The summed E-state index contributed by atoms with van der Waals surface area (Å²) in [5.41, 5.74) is 7.46. The zero-order chi connectivity index (χ0) is 10.6. The summed E-state index contributed by atoms with van der Waals surface area (Å²) in [4.78, 5) is 0. The second-order valence-electron chi connectivity index (χ2n) is 3.66. The molecule has 76 valence electrons. The van der Waals surface area contributed by atoms with E-state index >= 15 is 0 Å². The van der Waals surface area contributed by atoms with E-state index < -0.39 is 0 Å². The number of aryl methyl sites for hydroxylation is 1. The van der Waals surface area contributed by atoms with E-state index in [1.807, 2.05) is 29.8 Å². The highest BCUT2D eigenvalue weighted by Gasteiger charge is 2.08. The lowest BCUT2D eigenvalue weighted by Crippen LogP contribution is -1.94. The Morgan fingerprint density at radius 3 is 2.80 bits per heavy atom. The van der Waals surface area contributed by atoms with Crippen LogP contribution in [-0.2, 0) is 7.05 Å². The predicted octanol–water partition coefficient (Wildman–Crippen LogP) is 2.21. The van der Waals surface area contributed by atoms with Crippen LogP contribution in [0.25, 0.3) is 21.9 Å². The van der Waals surface area contributed by atoms with Crippen molar-refractivity contribution in [1.82, 2.24) is 4.57 Å². The fourth-order valence-corrected chi connectivity index (χ4v) is 1.88. The molecule has 0 saturated heterocycles. The predicted molar refractivity (Wildman–Crippen MR) is 58.8 cm³/mol. The second kappa shape index (κ2) is 2.48. The zero-order valence-corrected chi connectivity index (χ0v) is 8.19. The number of fused-ring (bicyclic) bond motifs is 2. The number of anilines is 1. The standard InChI is InChI=1S/C11H10N2O2/c1-13-8-5-9-7(4-11(14)15-9)2-6(8)3-10(13)12/h2-5,14H,12H2,1H3. The summed E-state index contributed by atoms with van der Waals surface area (Å²) in [6.07, 6.45) is 0. The van der Waals surface area contributed by atoms with Crippen molar-refractivity contribution in [2.24, 2.45) is 7.05 Å². The number of nitrogens with zero attached hydrogens (tertiary/aromatic N) is 1. The number of furan rings is 1. The normalized spacial score (nSPS) is 11.5. The SMILES string of the molecule is Cn1c(N)cc2cc3cc(O)oc3cc21. The van der Waals surface area contributed by atoms with Crippen molar-refractivity contribution in [3.8, 4) is 5.95 Å². The van der Waals surface area contributed by atoms with Crippen molar-refractivity contribution in [2.75, 3.05) is 5.73 Å². The first kappa shape index (κ1) is 8.23. The number of aromatic nitrogens is 1. The third-order valence-corrected chi connectivity index (χ3v) is 2.70. The number of nitrogens with two attached hydrogens (primary N) is 1. The molecule has 3 aromatic rings. The lowest BCUT2D eigenvalue weighted by Gasteiger charge is -1.97. The second-order valence-corrected chi connectivity index (χ2v) is 3.66. The number of nitrogen functional groups attached to an aromatic ring is 1. The van der Waals surface area contributed by atoms with E-state index in [1.54, 1.807) is 6.07 Å². The van der Waals surface area contributed by atoms with E-state index in [0.29, 0.717) is 11.4 Å². The van der Waals surface area contributed by atoms with Gasteiger partial charge in [0.15, 0.2) is 0 Å². The highest BCUT2D eigenvalue weighted by atomic mass is 16.5. The number of aromatic hydroxyl groups is 1. The minimum Gasteiger partial charge on any atom is -0.481 e. The van der Waals surface area contributed by atoms with Crippen molar-refractivity contribution in [2.45, 2.75) is 0 Å². The largest absolute Gasteiger partial charge is 0.481 e. The maximum atomic E-state index is 9.23. The van der Waals surface area contributed by atoms with Crippen molar-refractivity contribution < 1.29 is 9.52 Å². The van der Waals surface area contributed by atoms with Gasteiger partial charge in [0.25, 0.3) is 5.95 Å². The quantitative estimate of drug-likeness (QED) is 0.587. The molecule has 0 radical (unpaired) electrons. The molecule has 0 unspecified atom stereocenters. The molecular formula is C11H10N2O2. The van der Waals surface area contributed by atoms with Crippen LogP contribution in [-0.4, -0.2) is 9.67 Å². The Bertz CT molecular complexity index is 664. The van der Waals surface area contributed by atoms with Gasteiger partial charge in [0.2, 0.25) is 0 Å². The average molecular weight is 202 g/mol. The Labute approximate surface area is 85.5 Å². The van der Waals surface area contributed by atoms with Crippen LogP contribution in [0.5, 0.6) is 5.95 Å². The van der Waals surface area contributed by atoms with Crippen LogP contribution in [0.1, 0.15) is 0 Å². The van der Waals surface area contributed by atoms with Gasteiger partial charge < -0.3 is 19.8 Å². The van der Waals surface area contributed by atoms with E-state index in [0.717, 1.165) is 16.3 Å². The van der Waals surface area contributed by atoms with Crippen molar-refractivity contribution in [3.63, 3.8) is 0 Å². The number of benzene rings is 1. The Hall–Kier alpha value is -2.10. The van der Waals surface area contributed by atoms with Gasteiger partial charge in [-0.3, -0.25) is 0 Å². The average Bonchev–Trinajstić information content (AvgIpc) is 2.65. The number of rotatable bonds is 0. The van der Waals surface area contributed by atoms with Gasteiger partial charge in [0, 0.05) is 30.0 Å². The Balaban J connectivity index is 2.51. The molecule has 0 amide bonds. The Morgan fingerprint density at radius 1 is 1.20 bits per heavy atom. The first-order chi connectivity index (χ1) is 7.15. The molecule has 4 heteroatoms. The van der Waals surface area contributed by atoms with E-state index in [9.17, 15) is 5.11 Å². The van der Waals surface area contributed by atoms with Crippen LogP contribution in [0, 0.1) is 0 Å². The van der Waals surface area contributed by atoms with Gasteiger partial charge >= 0.3 is 0 Å². The molecule has 0 spiro atoms. The summed E-state index contributed by atoms with van der Waals surface area (Å²) in [5, 5.41) is 11.2. The van der Waals surface area contributed by atoms with Crippen LogP contribution in [0.4, 0.5) is 5.82 Å². The molecule has 0 saturated carbocycles. The molecule has 0 aliphatic rings. The molecule has 2 aromatic heterocycles. The third kappa shape index (κ3) is 1.01. The summed E-state index contributed by atoms with van der Waals surface area (Å²) in [7, 11) is 1.90. The molecule has 3 rings (SSSR count). The molecule has 3 N–H and O–H groups in total. The zero-order valence-electron chi connectivity index (χ0n) is 8.19. The van der Waals surface area contributed by atoms with Gasteiger partial charge in [-0.1, -0.05) is 0 Å². The van der Waals surface area contributed by atoms with E-state index in [2.05, 4.69) is 0 Å². The van der Waals surface area contributed by atoms with E-state index in [1.165, 1.54) is 0 Å². The van der Waals surface area contributed by atoms with Crippen molar-refractivity contribution >= 4 is 27.7 Å². The monoisotopic (exact) mass is 202 g/mol. The van der Waals surface area contributed by atoms with Crippen LogP contribution in [0.15, 0.2) is 28.7 Å². The minimum atomic E-state index is -0.0618. The molecule has 0 fully saturated rings. The topological polar surface area (TPSA) is 64.3 Å². The van der Waals surface area contributed by atoms with Crippen molar-refractivity contribution in [3.05, 3.63) is 24.3 Å². The number of hydrogen-bond acceptors (Lipinski definition) is 3. The lowest BCUT2D eigenvalue weighted by molar-refractivity contribution is 0.346. The molecule has 1 aromatic carbocycles. The molecule has 0 aliphatic heterocycles. The summed E-state index contributed by atoms with van der Waals surface area (Å²) < 4.78 is 7.02. The third-order valence-electron chi connectivity index (χ3n) is 2.70. The molecule has 0 aliphatic carbocycles. The van der Waals surface area contributed by atoms with Crippen LogP contribution in [0.2, 0.25) is 0 Å². The minimum absolute atomic E-state index is 0.0618. The van der Waals surface area contributed by atoms with Gasteiger partial charge in [0.1, 0.15) is 11.4 Å². The summed E-state index contributed by atoms with van der Waals surface area (Å²) in [6.45, 7) is 0. The molecular weight excluding hydrogens is 192 g/mol. The summed E-state index contributed by atoms with van der Waals surface area (Å²) in [6, 6.07) is 7.32. The first-order valence-corrected chi connectivity index (χ1v) is 4.62. The maximum Gasteiger partial charge on any atom is 0.282 e. The molecule has 0 atom stereocenters. The molecule has 15 heavy (non-hydrogen) atoms. The van der Waals surface area contributed by atoms with Gasteiger partial charge in [0.05, 0.1) is 5.52 Å². The molecule has 2 heterocycles. The number of hydrogen-bond donors (Lipinski definition) is 2. The molecule has 0 bridgehead atoms. The smallest absolute Gasteiger partial charge is 0.282 e. The van der Waals surface area contributed by atoms with E-state index in [-0.39, 0.29) is 5.95 Å². The first-order valence-electron chi connectivity index (χ1n) is 4.62. The summed E-state index contributed by atoms with van der Waals surface area (Å²) in [5.74, 6) is 0.648. The van der Waals surface area contributed by atoms with Gasteiger partial charge in [-0.2, -0.15) is 0 Å².